The predicted octanol–water partition coefficient (Wildman–Crippen LogP) is 5.06. The van der Waals surface area contributed by atoms with Crippen LogP contribution in [0.25, 0.3) is 0 Å². The van der Waals surface area contributed by atoms with Crippen LogP contribution in [0.4, 0.5) is 0 Å². The minimum Gasteiger partial charge on any atom is -0.493 e. The van der Waals surface area contributed by atoms with Crippen molar-refractivity contribution in [3.63, 3.8) is 0 Å². The van der Waals surface area contributed by atoms with Crippen LogP contribution in [0.5, 0.6) is 5.75 Å². The number of halogens is 2. The van der Waals surface area contributed by atoms with Crippen molar-refractivity contribution >= 4 is 46.2 Å². The summed E-state index contributed by atoms with van der Waals surface area (Å²) < 4.78 is 6.35. The van der Waals surface area contributed by atoms with E-state index in [2.05, 4.69) is 10.5 Å². The summed E-state index contributed by atoms with van der Waals surface area (Å²) in [6, 6.07) is 9.14. The molecular weight excluding hydrogens is 367 g/mol. The van der Waals surface area contributed by atoms with E-state index in [9.17, 15) is 4.79 Å². The van der Waals surface area contributed by atoms with Crippen molar-refractivity contribution in [3.05, 3.63) is 50.1 Å². The average Bonchev–Trinajstić information content (AvgIpc) is 2.97. The summed E-state index contributed by atoms with van der Waals surface area (Å²) in [4.78, 5) is 12.7. The first kappa shape index (κ1) is 18.8. The van der Waals surface area contributed by atoms with E-state index in [1.54, 1.807) is 12.1 Å². The third kappa shape index (κ3) is 5.82. The molecule has 0 radical (unpaired) electrons. The number of benzene rings is 1. The van der Waals surface area contributed by atoms with Gasteiger partial charge in [0.2, 0.25) is 5.91 Å². The van der Waals surface area contributed by atoms with E-state index >= 15 is 0 Å². The molecule has 1 N–H and O–H groups in total. The van der Waals surface area contributed by atoms with E-state index < -0.39 is 0 Å². The van der Waals surface area contributed by atoms with E-state index in [1.165, 1.54) is 11.3 Å². The maximum Gasteiger partial charge on any atom is 0.240 e. The second kappa shape index (κ2) is 9.06. The number of hydrogen-bond donors (Lipinski definition) is 1. The molecule has 2 rings (SSSR count). The molecule has 0 aliphatic heterocycles. The molecule has 128 valence electrons. The van der Waals surface area contributed by atoms with Crippen molar-refractivity contribution < 1.29 is 9.53 Å². The second-order valence-electron chi connectivity index (χ2n) is 5.20. The largest absolute Gasteiger partial charge is 0.493 e. The molecule has 7 heteroatoms. The third-order valence-electron chi connectivity index (χ3n) is 3.22. The van der Waals surface area contributed by atoms with E-state index in [0.717, 1.165) is 21.9 Å². The number of amides is 1. The number of nitrogens with one attached hydrogen (secondary N) is 1. The van der Waals surface area contributed by atoms with E-state index in [-0.39, 0.29) is 5.91 Å². The van der Waals surface area contributed by atoms with Crippen molar-refractivity contribution in [2.75, 3.05) is 6.61 Å². The number of carbonyl (C=O) groups excluding carboxylic acids is 1. The zero-order valence-electron chi connectivity index (χ0n) is 13.4. The molecule has 0 unspecified atom stereocenters. The second-order valence-corrected chi connectivity index (χ2v) is 7.35. The molecule has 0 bridgehead atoms. The van der Waals surface area contributed by atoms with Gasteiger partial charge in [-0.15, -0.1) is 11.3 Å². The summed E-state index contributed by atoms with van der Waals surface area (Å²) in [7, 11) is 0. The summed E-state index contributed by atoms with van der Waals surface area (Å²) >= 11 is 13.2. The summed E-state index contributed by atoms with van der Waals surface area (Å²) in [5.41, 5.74) is 4.25. The van der Waals surface area contributed by atoms with Gasteiger partial charge in [0, 0.05) is 11.4 Å². The van der Waals surface area contributed by atoms with Crippen molar-refractivity contribution in [3.8, 4) is 5.75 Å². The fourth-order valence-electron chi connectivity index (χ4n) is 1.96. The van der Waals surface area contributed by atoms with Crippen LogP contribution in [-0.4, -0.2) is 18.2 Å². The van der Waals surface area contributed by atoms with Crippen LogP contribution in [-0.2, 0) is 4.79 Å². The number of nitrogens with zero attached hydrogens (tertiary/aromatic N) is 1. The Kier molecular flexibility index (Phi) is 7.09. The topological polar surface area (TPSA) is 50.7 Å². The molecule has 1 aromatic heterocycles. The van der Waals surface area contributed by atoms with Crippen molar-refractivity contribution in [2.24, 2.45) is 5.10 Å². The Morgan fingerprint density at radius 3 is 2.75 bits per heavy atom. The van der Waals surface area contributed by atoms with Gasteiger partial charge in [0.15, 0.2) is 0 Å². The summed E-state index contributed by atoms with van der Waals surface area (Å²) in [5.74, 6) is 0.636. The Morgan fingerprint density at radius 1 is 1.29 bits per heavy atom. The molecule has 0 spiro atoms. The van der Waals surface area contributed by atoms with Crippen LogP contribution in [0.1, 0.15) is 30.2 Å². The van der Waals surface area contributed by atoms with Crippen LogP contribution in [0, 0.1) is 6.92 Å². The number of hydrazone groups is 1. The lowest BCUT2D eigenvalue weighted by Crippen LogP contribution is -2.19. The van der Waals surface area contributed by atoms with Crippen LogP contribution in [0.15, 0.2) is 35.4 Å². The van der Waals surface area contributed by atoms with Crippen molar-refractivity contribution in [1.29, 1.82) is 0 Å². The van der Waals surface area contributed by atoms with E-state index in [1.807, 2.05) is 32.0 Å². The van der Waals surface area contributed by atoms with Gasteiger partial charge in [0.1, 0.15) is 5.75 Å². The molecule has 1 heterocycles. The van der Waals surface area contributed by atoms with Gasteiger partial charge in [-0.25, -0.2) is 5.43 Å². The van der Waals surface area contributed by atoms with Gasteiger partial charge >= 0.3 is 0 Å². The Labute approximate surface area is 155 Å². The number of aryl methyl sites for hydroxylation is 1. The minimum atomic E-state index is -0.145. The van der Waals surface area contributed by atoms with Crippen LogP contribution < -0.4 is 10.2 Å². The van der Waals surface area contributed by atoms with Crippen molar-refractivity contribution in [2.45, 2.75) is 26.7 Å². The molecule has 0 fully saturated rings. The first-order chi connectivity index (χ1) is 11.5. The van der Waals surface area contributed by atoms with Gasteiger partial charge in [0.25, 0.3) is 0 Å². The standard InChI is InChI=1S/C17H18Cl2N2O2S/c1-11-10-13(18)5-6-14(11)23-9-3-4-17(22)21-20-12(2)15-7-8-16(19)24-15/h5-8,10H,3-4,9H2,1-2H3,(H,21,22). The minimum absolute atomic E-state index is 0.145. The van der Waals surface area contributed by atoms with Gasteiger partial charge in [-0.3, -0.25) is 4.79 Å². The van der Waals surface area contributed by atoms with Gasteiger partial charge < -0.3 is 4.74 Å². The molecule has 0 atom stereocenters. The lowest BCUT2D eigenvalue weighted by Gasteiger charge is -2.09. The first-order valence-corrected chi connectivity index (χ1v) is 9.01. The molecule has 1 amide bonds. The number of ether oxygens (including phenoxy) is 1. The highest BCUT2D eigenvalue weighted by molar-refractivity contribution is 7.18. The fraction of sp³-hybridized carbons (Fsp3) is 0.294. The normalized spacial score (nSPS) is 11.4. The molecule has 4 nitrogen and oxygen atoms in total. The maximum absolute atomic E-state index is 11.8. The number of hydrogen-bond acceptors (Lipinski definition) is 4. The van der Waals surface area contributed by atoms with Gasteiger partial charge in [-0.1, -0.05) is 23.2 Å². The molecule has 0 aliphatic carbocycles. The van der Waals surface area contributed by atoms with Crippen LogP contribution >= 0.6 is 34.5 Å². The number of carbonyl (C=O) groups is 1. The fourth-order valence-corrected chi connectivity index (χ4v) is 3.17. The molecule has 0 saturated heterocycles. The Morgan fingerprint density at radius 2 is 2.08 bits per heavy atom. The quantitative estimate of drug-likeness (QED) is 0.411. The predicted molar refractivity (Wildman–Crippen MR) is 101 cm³/mol. The van der Waals surface area contributed by atoms with Gasteiger partial charge in [0.05, 0.1) is 21.5 Å². The summed E-state index contributed by atoms with van der Waals surface area (Å²) in [6.07, 6.45) is 0.946. The van der Waals surface area contributed by atoms with Crippen molar-refractivity contribution in [1.82, 2.24) is 5.43 Å². The highest BCUT2D eigenvalue weighted by atomic mass is 35.5. The average molecular weight is 385 g/mol. The smallest absolute Gasteiger partial charge is 0.240 e. The zero-order chi connectivity index (χ0) is 17.5. The van der Waals surface area contributed by atoms with E-state index in [0.29, 0.717) is 28.8 Å². The number of rotatable bonds is 7. The van der Waals surface area contributed by atoms with E-state index in [4.69, 9.17) is 27.9 Å². The molecule has 1 aromatic carbocycles. The SMILES string of the molecule is CC(=NNC(=O)CCCOc1ccc(Cl)cc1C)c1ccc(Cl)s1. The highest BCUT2D eigenvalue weighted by Gasteiger charge is 2.05. The molecule has 0 saturated carbocycles. The van der Waals surface area contributed by atoms with Crippen LogP contribution in [0.2, 0.25) is 9.36 Å². The summed E-state index contributed by atoms with van der Waals surface area (Å²) in [5, 5.41) is 4.76. The lowest BCUT2D eigenvalue weighted by molar-refractivity contribution is -0.121. The zero-order valence-corrected chi connectivity index (χ0v) is 15.8. The molecular formula is C17H18Cl2N2O2S. The van der Waals surface area contributed by atoms with Gasteiger partial charge in [-0.05, 0) is 56.2 Å². The van der Waals surface area contributed by atoms with Crippen LogP contribution in [0.3, 0.4) is 0 Å². The highest BCUT2D eigenvalue weighted by Crippen LogP contribution is 2.22. The Balaban J connectivity index is 1.71. The van der Waals surface area contributed by atoms with Gasteiger partial charge in [-0.2, -0.15) is 5.10 Å². The molecule has 2 aromatic rings. The molecule has 0 aliphatic rings. The first-order valence-electron chi connectivity index (χ1n) is 7.43. The Hall–Kier alpha value is -1.56. The monoisotopic (exact) mass is 384 g/mol. The molecule has 24 heavy (non-hydrogen) atoms. The number of thiophene rings is 1. The lowest BCUT2D eigenvalue weighted by atomic mass is 10.2. The Bertz CT molecular complexity index is 744. The third-order valence-corrected chi connectivity index (χ3v) is 4.80. The summed E-state index contributed by atoms with van der Waals surface area (Å²) in [6.45, 7) is 4.22. The maximum atomic E-state index is 11.8.